The maximum Gasteiger partial charge on any atom is 0.259 e. The van der Waals surface area contributed by atoms with Crippen molar-refractivity contribution >= 4 is 29.4 Å². The van der Waals surface area contributed by atoms with Crippen molar-refractivity contribution in [2.75, 3.05) is 6.54 Å². The molecule has 0 unspecified atom stereocenters. The van der Waals surface area contributed by atoms with E-state index in [0.29, 0.717) is 11.4 Å². The molecule has 0 saturated carbocycles. The Morgan fingerprint density at radius 1 is 0.950 bits per heavy atom. The highest BCUT2D eigenvalue weighted by molar-refractivity contribution is 8.07. The predicted octanol–water partition coefficient (Wildman–Crippen LogP) is 2.70. The summed E-state index contributed by atoms with van der Waals surface area (Å²) in [5, 5.41) is 4.56. The highest BCUT2D eigenvalue weighted by Gasteiger charge is 2.24. The average Bonchev–Trinajstić information content (AvgIpc) is 2.83. The van der Waals surface area contributed by atoms with Gasteiger partial charge in [-0.2, -0.15) is 0 Å². The standard InChI is InChI=1S/C14H11N3OS2/c18-14-13(20-12-6-2-4-8-16-12)10(9-17-14)19-11-5-1-3-7-15-11/h1-8H,9H2,(H,17,18). The largest absolute Gasteiger partial charge is 0.347 e. The van der Waals surface area contributed by atoms with Crippen molar-refractivity contribution in [3.63, 3.8) is 0 Å². The molecule has 1 aliphatic rings. The van der Waals surface area contributed by atoms with Gasteiger partial charge in [-0.3, -0.25) is 4.79 Å². The average molecular weight is 301 g/mol. The summed E-state index contributed by atoms with van der Waals surface area (Å²) in [6.45, 7) is 0.551. The van der Waals surface area contributed by atoms with Gasteiger partial charge in [-0.25, -0.2) is 9.97 Å². The summed E-state index contributed by atoms with van der Waals surface area (Å²) in [7, 11) is 0. The first-order chi connectivity index (χ1) is 9.83. The molecule has 3 rings (SSSR count). The van der Waals surface area contributed by atoms with Gasteiger partial charge in [0, 0.05) is 17.3 Å². The van der Waals surface area contributed by atoms with Crippen LogP contribution in [0.5, 0.6) is 0 Å². The van der Waals surface area contributed by atoms with Gasteiger partial charge in [-0.05, 0) is 24.3 Å². The van der Waals surface area contributed by atoms with Crippen LogP contribution in [0.25, 0.3) is 0 Å². The SMILES string of the molecule is O=C1NCC(Sc2ccccn2)=C1Sc1ccccn1. The fourth-order valence-electron chi connectivity index (χ4n) is 1.68. The number of carbonyl (C=O) groups is 1. The summed E-state index contributed by atoms with van der Waals surface area (Å²) in [5.74, 6) is -0.0425. The fraction of sp³-hybridized carbons (Fsp3) is 0.0714. The summed E-state index contributed by atoms with van der Waals surface area (Å²) in [5.41, 5.74) is 0. The van der Waals surface area contributed by atoms with Crippen molar-refractivity contribution in [3.8, 4) is 0 Å². The van der Waals surface area contributed by atoms with E-state index < -0.39 is 0 Å². The minimum Gasteiger partial charge on any atom is -0.347 e. The molecule has 20 heavy (non-hydrogen) atoms. The Morgan fingerprint density at radius 2 is 1.60 bits per heavy atom. The topological polar surface area (TPSA) is 54.9 Å². The van der Waals surface area contributed by atoms with Crippen molar-refractivity contribution in [1.29, 1.82) is 0 Å². The molecule has 1 amide bonds. The summed E-state index contributed by atoms with van der Waals surface area (Å²) >= 11 is 2.91. The first-order valence-electron chi connectivity index (χ1n) is 6.02. The van der Waals surface area contributed by atoms with Gasteiger partial charge < -0.3 is 5.32 Å². The number of hydrogen-bond donors (Lipinski definition) is 1. The molecule has 0 bridgehead atoms. The molecule has 1 aliphatic heterocycles. The monoisotopic (exact) mass is 301 g/mol. The molecule has 0 aliphatic carbocycles. The Kier molecular flexibility index (Phi) is 4.03. The lowest BCUT2D eigenvalue weighted by molar-refractivity contribution is -0.116. The molecule has 4 nitrogen and oxygen atoms in total. The number of aromatic nitrogens is 2. The molecule has 0 saturated heterocycles. The van der Waals surface area contributed by atoms with Crippen LogP contribution in [0.4, 0.5) is 0 Å². The third kappa shape index (κ3) is 3.02. The summed E-state index contributed by atoms with van der Waals surface area (Å²) < 4.78 is 0. The molecule has 0 fully saturated rings. The zero-order chi connectivity index (χ0) is 13.8. The van der Waals surface area contributed by atoms with Crippen LogP contribution < -0.4 is 5.32 Å². The van der Waals surface area contributed by atoms with E-state index in [1.54, 1.807) is 12.4 Å². The predicted molar refractivity (Wildman–Crippen MR) is 80.2 cm³/mol. The molecular formula is C14H11N3OS2. The Morgan fingerprint density at radius 3 is 2.20 bits per heavy atom. The van der Waals surface area contributed by atoms with Crippen molar-refractivity contribution in [2.24, 2.45) is 0 Å². The molecule has 0 spiro atoms. The van der Waals surface area contributed by atoms with E-state index >= 15 is 0 Å². The first-order valence-corrected chi connectivity index (χ1v) is 7.65. The van der Waals surface area contributed by atoms with E-state index in [9.17, 15) is 4.79 Å². The van der Waals surface area contributed by atoms with Crippen LogP contribution >= 0.6 is 23.5 Å². The van der Waals surface area contributed by atoms with Gasteiger partial charge in [0.2, 0.25) is 0 Å². The molecule has 2 aromatic rings. The lowest BCUT2D eigenvalue weighted by atomic mass is 10.5. The van der Waals surface area contributed by atoms with Crippen LogP contribution in [0.2, 0.25) is 0 Å². The molecule has 2 aromatic heterocycles. The molecule has 0 aromatic carbocycles. The Balaban J connectivity index is 1.84. The molecular weight excluding hydrogens is 290 g/mol. The van der Waals surface area contributed by atoms with E-state index in [1.165, 1.54) is 23.5 Å². The van der Waals surface area contributed by atoms with E-state index in [2.05, 4.69) is 15.3 Å². The van der Waals surface area contributed by atoms with Gasteiger partial charge in [0.25, 0.3) is 5.91 Å². The molecule has 6 heteroatoms. The minimum absolute atomic E-state index is 0.0425. The summed E-state index contributed by atoms with van der Waals surface area (Å²) in [6.07, 6.45) is 3.47. The lowest BCUT2D eigenvalue weighted by Crippen LogP contribution is -2.16. The van der Waals surface area contributed by atoms with E-state index in [4.69, 9.17) is 0 Å². The number of hydrogen-bond acceptors (Lipinski definition) is 5. The van der Waals surface area contributed by atoms with Crippen LogP contribution in [-0.4, -0.2) is 22.4 Å². The van der Waals surface area contributed by atoms with Crippen molar-refractivity contribution in [1.82, 2.24) is 15.3 Å². The van der Waals surface area contributed by atoms with Crippen LogP contribution in [0, 0.1) is 0 Å². The molecule has 100 valence electrons. The molecule has 0 radical (unpaired) electrons. The maximum absolute atomic E-state index is 11.9. The number of carbonyl (C=O) groups excluding carboxylic acids is 1. The summed E-state index contributed by atoms with van der Waals surface area (Å²) in [4.78, 5) is 22.1. The van der Waals surface area contributed by atoms with Crippen molar-refractivity contribution in [3.05, 3.63) is 58.6 Å². The zero-order valence-corrected chi connectivity index (χ0v) is 12.1. The van der Waals surface area contributed by atoms with Crippen LogP contribution in [0.3, 0.4) is 0 Å². The quantitative estimate of drug-likeness (QED) is 0.941. The van der Waals surface area contributed by atoms with E-state index in [1.807, 2.05) is 36.4 Å². The van der Waals surface area contributed by atoms with Crippen LogP contribution in [0.15, 0.2) is 68.7 Å². The second-order valence-corrected chi connectivity index (χ2v) is 6.12. The van der Waals surface area contributed by atoms with Crippen molar-refractivity contribution in [2.45, 2.75) is 10.1 Å². The lowest BCUT2D eigenvalue weighted by Gasteiger charge is -2.03. The van der Waals surface area contributed by atoms with Gasteiger partial charge >= 0.3 is 0 Å². The second kappa shape index (κ2) is 6.11. The Labute approximate surface area is 125 Å². The van der Waals surface area contributed by atoms with Crippen LogP contribution in [-0.2, 0) is 4.79 Å². The van der Waals surface area contributed by atoms with Gasteiger partial charge in [-0.1, -0.05) is 35.7 Å². The number of nitrogens with zero attached hydrogens (tertiary/aromatic N) is 2. The maximum atomic E-state index is 11.9. The minimum atomic E-state index is -0.0425. The van der Waals surface area contributed by atoms with Gasteiger partial charge in [0.15, 0.2) is 0 Å². The van der Waals surface area contributed by atoms with Crippen LogP contribution in [0.1, 0.15) is 0 Å². The molecule has 1 N–H and O–H groups in total. The second-order valence-electron chi connectivity index (χ2n) is 3.98. The third-order valence-electron chi connectivity index (χ3n) is 2.58. The van der Waals surface area contributed by atoms with E-state index in [0.717, 1.165) is 15.0 Å². The third-order valence-corrected chi connectivity index (χ3v) is 4.84. The highest BCUT2D eigenvalue weighted by Crippen LogP contribution is 2.37. The van der Waals surface area contributed by atoms with Gasteiger partial charge in [0.05, 0.1) is 11.4 Å². The van der Waals surface area contributed by atoms with Gasteiger partial charge in [0.1, 0.15) is 10.1 Å². The summed E-state index contributed by atoms with van der Waals surface area (Å²) in [6, 6.07) is 11.4. The highest BCUT2D eigenvalue weighted by atomic mass is 32.2. The number of pyridine rings is 2. The normalized spacial score (nSPS) is 14.5. The number of rotatable bonds is 4. The Hall–Kier alpha value is -1.79. The Bertz CT molecular complexity index is 644. The molecule has 3 heterocycles. The number of nitrogens with one attached hydrogen (secondary N) is 1. The smallest absolute Gasteiger partial charge is 0.259 e. The number of amides is 1. The first kappa shape index (κ1) is 13.2. The zero-order valence-electron chi connectivity index (χ0n) is 10.4. The van der Waals surface area contributed by atoms with Gasteiger partial charge in [-0.15, -0.1) is 0 Å². The fourth-order valence-corrected chi connectivity index (χ4v) is 3.59. The molecule has 0 atom stereocenters. The van der Waals surface area contributed by atoms with E-state index in [-0.39, 0.29) is 5.91 Å². The van der Waals surface area contributed by atoms with Crippen molar-refractivity contribution < 1.29 is 4.79 Å². The number of thioether (sulfide) groups is 2.